The minimum absolute atomic E-state index is 0.0465. The van der Waals surface area contributed by atoms with Gasteiger partial charge in [0, 0.05) is 17.6 Å². The lowest BCUT2D eigenvalue weighted by molar-refractivity contribution is -0.127. The minimum atomic E-state index is -0.141. The molecule has 1 N–H and O–H groups in total. The van der Waals surface area contributed by atoms with Crippen molar-refractivity contribution in [2.45, 2.75) is 59.0 Å². The van der Waals surface area contributed by atoms with Crippen LogP contribution in [-0.2, 0) is 16.2 Å². The molecule has 0 aromatic heterocycles. The summed E-state index contributed by atoms with van der Waals surface area (Å²) in [7, 11) is 0. The summed E-state index contributed by atoms with van der Waals surface area (Å²) in [4.78, 5) is 25.3. The summed E-state index contributed by atoms with van der Waals surface area (Å²) >= 11 is 0.897. The van der Waals surface area contributed by atoms with Crippen LogP contribution >= 0.6 is 12.0 Å². The lowest BCUT2D eigenvalue weighted by Gasteiger charge is -2.57. The number of carbonyl (C=O) groups excluding carboxylic acids is 2. The molecule has 2 aromatic rings. The van der Waals surface area contributed by atoms with Gasteiger partial charge in [-0.05, 0) is 109 Å². The number of benzene rings is 2. The lowest BCUT2D eigenvalue weighted by atomic mass is 9.47. The highest BCUT2D eigenvalue weighted by Crippen LogP contribution is 2.62. The van der Waals surface area contributed by atoms with Crippen molar-refractivity contribution < 1.29 is 23.6 Å². The zero-order valence-electron chi connectivity index (χ0n) is 23.5. The Labute approximate surface area is 242 Å². The van der Waals surface area contributed by atoms with Crippen LogP contribution in [0.15, 0.2) is 78.4 Å². The molecule has 0 saturated heterocycles. The molecule has 0 aliphatic heterocycles. The fourth-order valence-corrected chi connectivity index (χ4v) is 7.95. The average molecular weight is 561 g/mol. The summed E-state index contributed by atoms with van der Waals surface area (Å²) in [6.07, 6.45) is 11.0. The van der Waals surface area contributed by atoms with Crippen LogP contribution in [0.1, 0.15) is 57.9 Å². The molecule has 0 spiro atoms. The number of ether oxygens (including phenoxy) is 2. The first kappa shape index (κ1) is 28.7. The monoisotopic (exact) mass is 560 g/mol. The molecule has 5 unspecified atom stereocenters. The Hall–Kier alpha value is -2.83. The molecule has 212 valence electrons. The molecule has 0 amide bonds. The highest BCUT2D eigenvalue weighted by molar-refractivity contribution is 7.93. The molecule has 2 saturated carbocycles. The second-order valence-corrected chi connectivity index (χ2v) is 12.8. The van der Waals surface area contributed by atoms with Crippen LogP contribution in [0.2, 0.25) is 0 Å². The third-order valence-electron chi connectivity index (χ3n) is 9.67. The molecule has 2 aromatic carbocycles. The van der Waals surface area contributed by atoms with Crippen molar-refractivity contribution in [2.24, 2.45) is 28.6 Å². The molecule has 5 atom stereocenters. The number of ketones is 2. The van der Waals surface area contributed by atoms with Gasteiger partial charge < -0.3 is 14.0 Å². The number of fused-ring (bicyclic) bond motifs is 3. The fraction of sp³-hybridized carbons (Fsp3) is 0.471. The molecule has 3 aliphatic carbocycles. The molecule has 5 nitrogen and oxygen atoms in total. The van der Waals surface area contributed by atoms with Gasteiger partial charge in [0.25, 0.3) is 0 Å². The first-order valence-corrected chi connectivity index (χ1v) is 15.4. The number of Topliss-reactive ketones (excluding diaryl/α,β-unsaturated/α-hetero) is 1. The van der Waals surface area contributed by atoms with Crippen molar-refractivity contribution in [1.82, 2.24) is 0 Å². The largest absolute Gasteiger partial charge is 0.489 e. The maximum Gasteiger partial charge on any atom is 0.178 e. The molecule has 2 fully saturated rings. The summed E-state index contributed by atoms with van der Waals surface area (Å²) in [6, 6.07) is 17.5. The fourth-order valence-electron chi connectivity index (χ4n) is 7.59. The Morgan fingerprint density at radius 3 is 2.48 bits per heavy atom. The predicted molar refractivity (Wildman–Crippen MR) is 159 cm³/mol. The third kappa shape index (κ3) is 6.23. The first-order valence-electron chi connectivity index (χ1n) is 14.4. The molecule has 0 radical (unpaired) electrons. The van der Waals surface area contributed by atoms with E-state index in [2.05, 4.69) is 19.9 Å². The second kappa shape index (κ2) is 12.4. The normalized spacial score (nSPS) is 29.2. The summed E-state index contributed by atoms with van der Waals surface area (Å²) in [5, 5.41) is 0. The summed E-state index contributed by atoms with van der Waals surface area (Å²) in [6.45, 7) is 5.10. The van der Waals surface area contributed by atoms with Gasteiger partial charge in [-0.2, -0.15) is 0 Å². The van der Waals surface area contributed by atoms with Crippen molar-refractivity contribution in [3.05, 3.63) is 84.0 Å². The minimum Gasteiger partial charge on any atom is -0.489 e. The van der Waals surface area contributed by atoms with Gasteiger partial charge in [-0.3, -0.25) is 9.59 Å². The van der Waals surface area contributed by atoms with Crippen molar-refractivity contribution in [1.29, 1.82) is 0 Å². The maximum atomic E-state index is 13.3. The smallest absolute Gasteiger partial charge is 0.178 e. The molecule has 6 heteroatoms. The van der Waals surface area contributed by atoms with Gasteiger partial charge in [0.1, 0.15) is 24.7 Å². The van der Waals surface area contributed by atoms with E-state index in [9.17, 15) is 14.1 Å². The van der Waals surface area contributed by atoms with Gasteiger partial charge in [-0.15, -0.1) is 0 Å². The van der Waals surface area contributed by atoms with Crippen LogP contribution in [-0.4, -0.2) is 28.5 Å². The molecular weight excluding hydrogens is 520 g/mol. The first-order chi connectivity index (χ1) is 19.3. The van der Waals surface area contributed by atoms with Gasteiger partial charge >= 0.3 is 0 Å². The van der Waals surface area contributed by atoms with E-state index < -0.39 is 0 Å². The van der Waals surface area contributed by atoms with Crippen LogP contribution in [0.25, 0.3) is 0 Å². The van der Waals surface area contributed by atoms with Crippen LogP contribution < -0.4 is 9.47 Å². The van der Waals surface area contributed by atoms with Crippen molar-refractivity contribution in [3.8, 4) is 11.5 Å². The van der Waals surface area contributed by atoms with E-state index in [1.807, 2.05) is 60.7 Å². The third-order valence-corrected chi connectivity index (χ3v) is 10.1. The zero-order valence-corrected chi connectivity index (χ0v) is 24.3. The topological polar surface area (TPSA) is 72.8 Å². The highest BCUT2D eigenvalue weighted by Gasteiger charge is 2.54. The second-order valence-electron chi connectivity index (χ2n) is 12.2. The van der Waals surface area contributed by atoms with E-state index in [1.165, 1.54) is 5.57 Å². The lowest BCUT2D eigenvalue weighted by Crippen LogP contribution is -2.50. The van der Waals surface area contributed by atoms with Crippen LogP contribution in [0.3, 0.4) is 0 Å². The van der Waals surface area contributed by atoms with Crippen molar-refractivity contribution in [3.63, 3.8) is 0 Å². The molecule has 5 rings (SSSR count). The highest BCUT2D eigenvalue weighted by atomic mass is 32.2. The van der Waals surface area contributed by atoms with Crippen LogP contribution in [0.4, 0.5) is 0 Å². The molecular formula is C34H40O5S. The number of carbonyl (C=O) groups is 2. The van der Waals surface area contributed by atoms with Gasteiger partial charge in [0.15, 0.2) is 11.6 Å². The number of hydrogen-bond donors (Lipinski definition) is 1. The van der Waals surface area contributed by atoms with E-state index in [4.69, 9.17) is 9.47 Å². The van der Waals surface area contributed by atoms with Crippen LogP contribution in [0.5, 0.6) is 11.5 Å². The summed E-state index contributed by atoms with van der Waals surface area (Å²) in [5.74, 6) is 3.53. The number of rotatable bonds is 11. The number of allylic oxidation sites excluding steroid dienone is 4. The Morgan fingerprint density at radius 2 is 1.75 bits per heavy atom. The maximum absolute atomic E-state index is 13.3. The number of hydrogen-bond acceptors (Lipinski definition) is 6. The predicted octanol–water partition coefficient (Wildman–Crippen LogP) is 7.71. The molecule has 3 aliphatic rings. The van der Waals surface area contributed by atoms with Crippen LogP contribution in [0, 0.1) is 28.6 Å². The van der Waals surface area contributed by atoms with E-state index >= 15 is 0 Å². The Kier molecular flexibility index (Phi) is 8.86. The van der Waals surface area contributed by atoms with E-state index in [1.54, 1.807) is 6.08 Å². The van der Waals surface area contributed by atoms with E-state index in [-0.39, 0.29) is 29.0 Å². The van der Waals surface area contributed by atoms with Gasteiger partial charge in [-0.25, -0.2) is 0 Å². The molecule has 0 heterocycles. The average Bonchev–Trinajstić information content (AvgIpc) is 2.96. The van der Waals surface area contributed by atoms with E-state index in [0.717, 1.165) is 55.5 Å². The zero-order chi connectivity index (χ0) is 28.2. The molecule has 0 bridgehead atoms. The standard InChI is InChI=1S/C34H40O5S/c1-33(21-27(36)23-39-29-11-9-28(10-12-29)38-22-24-6-4-3-5-7-24)17-15-32-30(31(33)16-19-40-37)13-8-25-20-26(35)14-18-34(25,32)2/h3-7,9-12,14,18,20,30-32,37H,8,13,15-17,19,21-23H2,1-2H3. The van der Waals surface area contributed by atoms with Crippen molar-refractivity contribution in [2.75, 3.05) is 12.4 Å². The Bertz CT molecular complexity index is 1250. The Balaban J connectivity index is 1.19. The van der Waals surface area contributed by atoms with Crippen molar-refractivity contribution >= 4 is 23.6 Å². The Morgan fingerprint density at radius 1 is 1.02 bits per heavy atom. The summed E-state index contributed by atoms with van der Waals surface area (Å²) in [5.41, 5.74) is 2.14. The SMILES string of the molecule is CC1(CC(=O)COc2ccc(OCc3ccccc3)cc2)CCC2C(CCC3=CC(=O)C=CC32C)C1CCSO. The van der Waals surface area contributed by atoms with Gasteiger partial charge in [0.05, 0.1) is 0 Å². The van der Waals surface area contributed by atoms with E-state index in [0.29, 0.717) is 42.3 Å². The van der Waals surface area contributed by atoms with Gasteiger partial charge in [0.2, 0.25) is 0 Å². The molecule has 40 heavy (non-hydrogen) atoms. The van der Waals surface area contributed by atoms with Gasteiger partial charge in [-0.1, -0.05) is 55.8 Å². The summed E-state index contributed by atoms with van der Waals surface area (Å²) < 4.78 is 21.3. The quantitative estimate of drug-likeness (QED) is 0.284.